The molecule has 0 aliphatic heterocycles. The second-order valence-corrected chi connectivity index (χ2v) is 3.61. The van der Waals surface area contributed by atoms with Gasteiger partial charge in [-0.05, 0) is 26.3 Å². The van der Waals surface area contributed by atoms with E-state index in [0.717, 1.165) is 5.56 Å². The van der Waals surface area contributed by atoms with E-state index in [-0.39, 0.29) is 0 Å². The number of hydrogen-bond acceptors (Lipinski definition) is 4. The average molecular weight is 181 g/mol. The molecular weight excluding hydrogens is 166 g/mol. The highest BCUT2D eigenvalue weighted by Crippen LogP contribution is 2.14. The van der Waals surface area contributed by atoms with Gasteiger partial charge in [-0.2, -0.15) is 0 Å². The highest BCUT2D eigenvalue weighted by molar-refractivity contribution is 5.30. The third-order valence-electron chi connectivity index (χ3n) is 1.89. The van der Waals surface area contributed by atoms with Crippen molar-refractivity contribution < 1.29 is 5.11 Å². The molecule has 0 radical (unpaired) electrons. The SMILES string of the molecule is Cc1cnc(N(C)C(C)(C)O)nc1. The van der Waals surface area contributed by atoms with Crippen LogP contribution < -0.4 is 4.90 Å². The van der Waals surface area contributed by atoms with Gasteiger partial charge >= 0.3 is 0 Å². The lowest BCUT2D eigenvalue weighted by molar-refractivity contribution is 0.0800. The van der Waals surface area contributed by atoms with E-state index in [1.54, 1.807) is 38.2 Å². The molecule has 0 aromatic carbocycles. The summed E-state index contributed by atoms with van der Waals surface area (Å²) >= 11 is 0. The first-order valence-corrected chi connectivity index (χ1v) is 4.16. The van der Waals surface area contributed by atoms with E-state index in [0.29, 0.717) is 5.95 Å². The summed E-state index contributed by atoms with van der Waals surface area (Å²) in [6.07, 6.45) is 3.45. The summed E-state index contributed by atoms with van der Waals surface area (Å²) in [6.45, 7) is 5.31. The third-order valence-corrected chi connectivity index (χ3v) is 1.89. The molecule has 1 heterocycles. The van der Waals surface area contributed by atoms with Crippen LogP contribution in [0.4, 0.5) is 5.95 Å². The molecule has 0 atom stereocenters. The van der Waals surface area contributed by atoms with E-state index in [9.17, 15) is 5.11 Å². The highest BCUT2D eigenvalue weighted by Gasteiger charge is 2.21. The zero-order valence-corrected chi connectivity index (χ0v) is 8.44. The summed E-state index contributed by atoms with van der Waals surface area (Å²) < 4.78 is 0. The van der Waals surface area contributed by atoms with E-state index < -0.39 is 5.72 Å². The van der Waals surface area contributed by atoms with Crippen LogP contribution >= 0.6 is 0 Å². The maximum atomic E-state index is 9.65. The highest BCUT2D eigenvalue weighted by atomic mass is 16.3. The Labute approximate surface area is 78.2 Å². The summed E-state index contributed by atoms with van der Waals surface area (Å²) in [5.74, 6) is 0.526. The Bertz CT molecular complexity index is 276. The number of aliphatic hydroxyl groups is 1. The van der Waals surface area contributed by atoms with Gasteiger partial charge in [-0.1, -0.05) is 0 Å². The normalized spacial score (nSPS) is 11.5. The second kappa shape index (κ2) is 3.30. The lowest BCUT2D eigenvalue weighted by Crippen LogP contribution is -2.41. The Morgan fingerprint density at radius 1 is 1.31 bits per heavy atom. The maximum absolute atomic E-state index is 9.65. The van der Waals surface area contributed by atoms with Crippen LogP contribution in [0.5, 0.6) is 0 Å². The quantitative estimate of drug-likeness (QED) is 0.690. The molecule has 4 nitrogen and oxygen atoms in total. The summed E-state index contributed by atoms with van der Waals surface area (Å²) in [4.78, 5) is 9.82. The minimum Gasteiger partial charge on any atom is -0.371 e. The summed E-state index contributed by atoms with van der Waals surface area (Å²) in [5.41, 5.74) is 0.0721. The van der Waals surface area contributed by atoms with Gasteiger partial charge in [0, 0.05) is 19.4 Å². The van der Waals surface area contributed by atoms with Crippen molar-refractivity contribution in [1.82, 2.24) is 9.97 Å². The zero-order chi connectivity index (χ0) is 10.1. The molecule has 0 fully saturated rings. The molecule has 1 aromatic rings. The van der Waals surface area contributed by atoms with Crippen LogP contribution in [0.25, 0.3) is 0 Å². The number of anilines is 1. The predicted octanol–water partition coefficient (Wildman–Crippen LogP) is 0.950. The molecular formula is C9H15N3O. The Morgan fingerprint density at radius 3 is 2.15 bits per heavy atom. The summed E-state index contributed by atoms with van der Waals surface area (Å²) in [7, 11) is 1.75. The zero-order valence-electron chi connectivity index (χ0n) is 8.44. The molecule has 1 rings (SSSR count). The third kappa shape index (κ3) is 2.39. The van der Waals surface area contributed by atoms with Gasteiger partial charge in [-0.25, -0.2) is 9.97 Å². The average Bonchev–Trinajstić information content (AvgIpc) is 2.03. The van der Waals surface area contributed by atoms with Crippen molar-refractivity contribution in [3.8, 4) is 0 Å². The van der Waals surface area contributed by atoms with Gasteiger partial charge in [-0.3, -0.25) is 0 Å². The van der Waals surface area contributed by atoms with Gasteiger partial charge in [0.25, 0.3) is 0 Å². The topological polar surface area (TPSA) is 49.2 Å². The van der Waals surface area contributed by atoms with Gasteiger partial charge in [0.15, 0.2) is 0 Å². The molecule has 0 aliphatic rings. The van der Waals surface area contributed by atoms with Gasteiger partial charge in [-0.15, -0.1) is 0 Å². The molecule has 0 amide bonds. The number of nitrogens with zero attached hydrogens (tertiary/aromatic N) is 3. The van der Waals surface area contributed by atoms with Crippen LogP contribution in [0.15, 0.2) is 12.4 Å². The monoisotopic (exact) mass is 181 g/mol. The van der Waals surface area contributed by atoms with Crippen molar-refractivity contribution in [1.29, 1.82) is 0 Å². The molecule has 1 aromatic heterocycles. The van der Waals surface area contributed by atoms with Crippen LogP contribution in [-0.4, -0.2) is 27.8 Å². The van der Waals surface area contributed by atoms with Crippen LogP contribution in [0.1, 0.15) is 19.4 Å². The Hall–Kier alpha value is -1.16. The smallest absolute Gasteiger partial charge is 0.227 e. The van der Waals surface area contributed by atoms with E-state index in [1.165, 1.54) is 0 Å². The lowest BCUT2D eigenvalue weighted by atomic mass is 10.3. The molecule has 13 heavy (non-hydrogen) atoms. The van der Waals surface area contributed by atoms with Crippen molar-refractivity contribution in [2.24, 2.45) is 0 Å². The van der Waals surface area contributed by atoms with Crippen molar-refractivity contribution in [2.75, 3.05) is 11.9 Å². The lowest BCUT2D eigenvalue weighted by Gasteiger charge is -2.30. The van der Waals surface area contributed by atoms with Gasteiger partial charge in [0.2, 0.25) is 5.95 Å². The molecule has 72 valence electrons. The molecule has 0 aliphatic carbocycles. The first-order chi connectivity index (χ1) is 5.91. The number of rotatable bonds is 2. The van der Waals surface area contributed by atoms with Gasteiger partial charge in [0.05, 0.1) is 0 Å². The minimum absolute atomic E-state index is 0.526. The molecule has 0 unspecified atom stereocenters. The fraction of sp³-hybridized carbons (Fsp3) is 0.556. The van der Waals surface area contributed by atoms with Crippen molar-refractivity contribution >= 4 is 5.95 Å². The first kappa shape index (κ1) is 9.92. The molecule has 1 N–H and O–H groups in total. The standard InChI is InChI=1S/C9H15N3O/c1-7-5-10-8(11-6-7)12(4)9(2,3)13/h5-6,13H,1-4H3. The van der Waals surface area contributed by atoms with Crippen LogP contribution in [0.2, 0.25) is 0 Å². The van der Waals surface area contributed by atoms with E-state index >= 15 is 0 Å². The molecule has 4 heteroatoms. The Balaban J connectivity index is 2.90. The van der Waals surface area contributed by atoms with Crippen LogP contribution in [0.3, 0.4) is 0 Å². The molecule has 0 saturated heterocycles. The molecule has 0 bridgehead atoms. The number of aromatic nitrogens is 2. The van der Waals surface area contributed by atoms with Crippen LogP contribution in [0, 0.1) is 6.92 Å². The van der Waals surface area contributed by atoms with E-state index in [1.807, 2.05) is 6.92 Å². The largest absolute Gasteiger partial charge is 0.371 e. The van der Waals surface area contributed by atoms with Gasteiger partial charge < -0.3 is 10.0 Å². The minimum atomic E-state index is -0.935. The predicted molar refractivity (Wildman–Crippen MR) is 51.5 cm³/mol. The number of hydrogen-bond donors (Lipinski definition) is 1. The van der Waals surface area contributed by atoms with Crippen molar-refractivity contribution in [2.45, 2.75) is 26.5 Å². The fourth-order valence-corrected chi connectivity index (χ4v) is 0.804. The van der Waals surface area contributed by atoms with Crippen molar-refractivity contribution in [3.63, 3.8) is 0 Å². The molecule has 0 saturated carbocycles. The molecule has 0 spiro atoms. The second-order valence-electron chi connectivity index (χ2n) is 3.61. The maximum Gasteiger partial charge on any atom is 0.227 e. The first-order valence-electron chi connectivity index (χ1n) is 4.16. The fourth-order valence-electron chi connectivity index (χ4n) is 0.804. The van der Waals surface area contributed by atoms with Gasteiger partial charge in [0.1, 0.15) is 5.72 Å². The Morgan fingerprint density at radius 2 is 1.77 bits per heavy atom. The summed E-state index contributed by atoms with van der Waals surface area (Å²) in [6, 6.07) is 0. The number of aryl methyl sites for hydroxylation is 1. The van der Waals surface area contributed by atoms with E-state index in [2.05, 4.69) is 9.97 Å². The van der Waals surface area contributed by atoms with E-state index in [4.69, 9.17) is 0 Å². The summed E-state index contributed by atoms with van der Waals surface area (Å²) in [5, 5.41) is 9.65. The van der Waals surface area contributed by atoms with Crippen molar-refractivity contribution in [3.05, 3.63) is 18.0 Å². The Kier molecular flexibility index (Phi) is 2.52. The van der Waals surface area contributed by atoms with Crippen LogP contribution in [-0.2, 0) is 0 Å².